The third kappa shape index (κ3) is 3.78. The summed E-state index contributed by atoms with van der Waals surface area (Å²) in [6, 6.07) is 14.6. The van der Waals surface area contributed by atoms with E-state index in [1.54, 1.807) is 11.8 Å². The van der Waals surface area contributed by atoms with E-state index in [2.05, 4.69) is 68.1 Å². The van der Waals surface area contributed by atoms with E-state index < -0.39 is 9.84 Å². The molecule has 0 amide bonds. The number of hydrogen-bond acceptors (Lipinski definition) is 5. The number of aliphatic imine (C=N–C) groups is 1. The largest absolute Gasteiger partial charge is 0.315 e. The van der Waals surface area contributed by atoms with Gasteiger partial charge in [0.15, 0.2) is 15.0 Å². The Kier molecular flexibility index (Phi) is 4.80. The minimum absolute atomic E-state index is 0.0860. The lowest BCUT2D eigenvalue weighted by Crippen LogP contribution is -2.39. The SMILES string of the molecule is Cc1cccc(CSC2=NC3CS(=O)(=O)CC3N2c2ccc(C)c(C)c2)c1. The van der Waals surface area contributed by atoms with E-state index >= 15 is 0 Å². The van der Waals surface area contributed by atoms with Gasteiger partial charge in [-0.05, 0) is 49.6 Å². The maximum Gasteiger partial charge on any atom is 0.164 e. The van der Waals surface area contributed by atoms with Gasteiger partial charge in [-0.25, -0.2) is 8.42 Å². The first kappa shape index (κ1) is 18.6. The number of thioether (sulfide) groups is 1. The minimum Gasteiger partial charge on any atom is -0.315 e. The number of fused-ring (bicyclic) bond motifs is 1. The zero-order chi connectivity index (χ0) is 19.2. The summed E-state index contributed by atoms with van der Waals surface area (Å²) in [5.41, 5.74) is 5.99. The van der Waals surface area contributed by atoms with Gasteiger partial charge in [0.05, 0.1) is 23.6 Å². The zero-order valence-corrected chi connectivity index (χ0v) is 17.5. The molecular formula is C21H24N2O2S2. The lowest BCUT2D eigenvalue weighted by atomic mass is 10.1. The van der Waals surface area contributed by atoms with Crippen molar-refractivity contribution in [1.29, 1.82) is 0 Å². The highest BCUT2D eigenvalue weighted by molar-refractivity contribution is 8.13. The second-order valence-corrected chi connectivity index (χ2v) is 10.6. The molecule has 4 rings (SSSR count). The summed E-state index contributed by atoms with van der Waals surface area (Å²) in [7, 11) is -3.02. The van der Waals surface area contributed by atoms with Crippen LogP contribution in [0, 0.1) is 20.8 Å². The molecule has 4 nitrogen and oxygen atoms in total. The Morgan fingerprint density at radius 1 is 1.07 bits per heavy atom. The fourth-order valence-electron chi connectivity index (χ4n) is 3.76. The van der Waals surface area contributed by atoms with Crippen LogP contribution in [-0.2, 0) is 15.6 Å². The summed E-state index contributed by atoms with van der Waals surface area (Å²) in [4.78, 5) is 6.97. The topological polar surface area (TPSA) is 49.7 Å². The number of benzene rings is 2. The maximum absolute atomic E-state index is 12.2. The molecule has 0 spiro atoms. The van der Waals surface area contributed by atoms with Crippen LogP contribution in [0.15, 0.2) is 47.5 Å². The lowest BCUT2D eigenvalue weighted by molar-refractivity contribution is 0.601. The van der Waals surface area contributed by atoms with Gasteiger partial charge in [0.2, 0.25) is 0 Å². The molecular weight excluding hydrogens is 376 g/mol. The fourth-order valence-corrected chi connectivity index (χ4v) is 6.67. The van der Waals surface area contributed by atoms with Crippen molar-refractivity contribution in [2.45, 2.75) is 38.6 Å². The summed E-state index contributed by atoms with van der Waals surface area (Å²) < 4.78 is 24.3. The standard InChI is InChI=1S/C21H24N2O2S2/c1-14-5-4-6-17(9-14)11-26-21-22-19-12-27(24,25)13-20(19)23(21)18-8-7-15(2)16(3)10-18/h4-10,19-20H,11-13H2,1-3H3. The minimum atomic E-state index is -3.02. The van der Waals surface area contributed by atoms with Crippen molar-refractivity contribution in [2.75, 3.05) is 16.4 Å². The molecule has 0 aromatic heterocycles. The normalized spacial score (nSPS) is 23.4. The Hall–Kier alpha value is -1.79. The molecule has 27 heavy (non-hydrogen) atoms. The van der Waals surface area contributed by atoms with Crippen LogP contribution in [0.4, 0.5) is 5.69 Å². The first-order chi connectivity index (χ1) is 12.8. The Morgan fingerprint density at radius 2 is 1.89 bits per heavy atom. The molecule has 1 fully saturated rings. The van der Waals surface area contributed by atoms with Gasteiger partial charge in [-0.1, -0.05) is 47.7 Å². The molecule has 2 heterocycles. The molecule has 2 aromatic rings. The predicted octanol–water partition coefficient (Wildman–Crippen LogP) is 3.89. The molecule has 0 saturated carbocycles. The van der Waals surface area contributed by atoms with E-state index in [1.165, 1.54) is 22.3 Å². The second-order valence-electron chi connectivity index (χ2n) is 7.54. The Balaban J connectivity index is 1.64. The van der Waals surface area contributed by atoms with Crippen molar-refractivity contribution in [2.24, 2.45) is 4.99 Å². The molecule has 0 radical (unpaired) electrons. The van der Waals surface area contributed by atoms with Crippen LogP contribution in [-0.4, -0.2) is 37.2 Å². The van der Waals surface area contributed by atoms with Crippen LogP contribution in [0.1, 0.15) is 22.3 Å². The van der Waals surface area contributed by atoms with Crippen LogP contribution < -0.4 is 4.90 Å². The number of aryl methyl sites for hydroxylation is 3. The molecule has 0 aliphatic carbocycles. The molecule has 2 aliphatic heterocycles. The number of amidine groups is 1. The Bertz CT molecular complexity index is 1010. The average molecular weight is 401 g/mol. The summed E-state index contributed by atoms with van der Waals surface area (Å²) in [6.45, 7) is 6.28. The third-order valence-corrected chi connectivity index (χ3v) is 8.06. The molecule has 6 heteroatoms. The number of hydrogen-bond donors (Lipinski definition) is 0. The summed E-state index contributed by atoms with van der Waals surface area (Å²) in [5, 5.41) is 0.935. The summed E-state index contributed by atoms with van der Waals surface area (Å²) in [5.74, 6) is 1.17. The molecule has 2 atom stereocenters. The fraction of sp³-hybridized carbons (Fsp3) is 0.381. The second kappa shape index (κ2) is 6.99. The molecule has 1 saturated heterocycles. The van der Waals surface area contributed by atoms with Crippen molar-refractivity contribution in [3.8, 4) is 0 Å². The van der Waals surface area contributed by atoms with Crippen molar-refractivity contribution in [3.05, 3.63) is 64.7 Å². The van der Waals surface area contributed by atoms with Gasteiger partial charge in [0, 0.05) is 11.4 Å². The van der Waals surface area contributed by atoms with Gasteiger partial charge in [-0.3, -0.25) is 4.99 Å². The first-order valence-corrected chi connectivity index (χ1v) is 12.0. The van der Waals surface area contributed by atoms with Crippen LogP contribution in [0.25, 0.3) is 0 Å². The highest BCUT2D eigenvalue weighted by Gasteiger charge is 2.47. The lowest BCUT2D eigenvalue weighted by Gasteiger charge is -2.27. The Morgan fingerprint density at radius 3 is 2.63 bits per heavy atom. The molecule has 2 aliphatic rings. The van der Waals surface area contributed by atoms with Gasteiger partial charge < -0.3 is 4.90 Å². The molecule has 2 unspecified atom stereocenters. The van der Waals surface area contributed by atoms with E-state index in [4.69, 9.17) is 4.99 Å². The quantitative estimate of drug-likeness (QED) is 0.784. The highest BCUT2D eigenvalue weighted by atomic mass is 32.2. The first-order valence-electron chi connectivity index (χ1n) is 9.15. The molecule has 2 aromatic carbocycles. The number of sulfone groups is 1. The monoisotopic (exact) mass is 400 g/mol. The van der Waals surface area contributed by atoms with Crippen molar-refractivity contribution in [3.63, 3.8) is 0 Å². The Labute approximate surface area is 165 Å². The average Bonchev–Trinajstić information content (AvgIpc) is 3.07. The van der Waals surface area contributed by atoms with Crippen molar-refractivity contribution in [1.82, 2.24) is 0 Å². The van der Waals surface area contributed by atoms with Crippen LogP contribution >= 0.6 is 11.8 Å². The number of rotatable bonds is 3. The molecule has 0 bridgehead atoms. The van der Waals surface area contributed by atoms with Gasteiger partial charge in [-0.15, -0.1) is 0 Å². The van der Waals surface area contributed by atoms with Crippen molar-refractivity contribution >= 4 is 32.5 Å². The van der Waals surface area contributed by atoms with Crippen molar-refractivity contribution < 1.29 is 8.42 Å². The number of nitrogens with zero attached hydrogens (tertiary/aromatic N) is 2. The van der Waals surface area contributed by atoms with Gasteiger partial charge in [0.1, 0.15) is 0 Å². The van der Waals surface area contributed by atoms with Gasteiger partial charge in [0.25, 0.3) is 0 Å². The summed E-state index contributed by atoms with van der Waals surface area (Å²) >= 11 is 1.70. The van der Waals surface area contributed by atoms with Crippen LogP contribution in [0.3, 0.4) is 0 Å². The van der Waals surface area contributed by atoms with E-state index in [9.17, 15) is 8.42 Å². The summed E-state index contributed by atoms with van der Waals surface area (Å²) in [6.07, 6.45) is 0. The van der Waals surface area contributed by atoms with E-state index in [0.29, 0.717) is 0 Å². The third-order valence-electron chi connectivity index (χ3n) is 5.33. The smallest absolute Gasteiger partial charge is 0.164 e. The highest BCUT2D eigenvalue weighted by Crippen LogP contribution is 2.36. The van der Waals surface area contributed by atoms with E-state index in [0.717, 1.165) is 16.6 Å². The zero-order valence-electron chi connectivity index (χ0n) is 15.8. The van der Waals surface area contributed by atoms with E-state index in [1.807, 2.05) is 0 Å². The molecule has 0 N–H and O–H groups in total. The predicted molar refractivity (Wildman–Crippen MR) is 115 cm³/mol. The van der Waals surface area contributed by atoms with Crippen LogP contribution in [0.2, 0.25) is 0 Å². The number of anilines is 1. The van der Waals surface area contributed by atoms with Crippen LogP contribution in [0.5, 0.6) is 0 Å². The molecule has 142 valence electrons. The van der Waals surface area contributed by atoms with Gasteiger partial charge >= 0.3 is 0 Å². The maximum atomic E-state index is 12.2. The van der Waals surface area contributed by atoms with E-state index in [-0.39, 0.29) is 23.6 Å². The van der Waals surface area contributed by atoms with Gasteiger partial charge in [-0.2, -0.15) is 0 Å².